The van der Waals surface area contributed by atoms with Crippen molar-refractivity contribution in [1.29, 1.82) is 0 Å². The zero-order valence-electron chi connectivity index (χ0n) is 16.7. The molecule has 0 amide bonds. The molecule has 0 aliphatic heterocycles. The third-order valence-corrected chi connectivity index (χ3v) is 4.66. The third kappa shape index (κ3) is 5.47. The van der Waals surface area contributed by atoms with Crippen molar-refractivity contribution in [2.45, 2.75) is 46.2 Å². The van der Waals surface area contributed by atoms with E-state index in [4.69, 9.17) is 4.74 Å². The van der Waals surface area contributed by atoms with Crippen molar-refractivity contribution in [2.75, 3.05) is 13.7 Å². The number of benzene rings is 2. The summed E-state index contributed by atoms with van der Waals surface area (Å²) < 4.78 is 4.83. The van der Waals surface area contributed by atoms with E-state index in [9.17, 15) is 15.0 Å². The number of nitrogens with zero attached hydrogens (tertiary/aromatic N) is 1. The quantitative estimate of drug-likeness (QED) is 0.596. The fourth-order valence-corrected chi connectivity index (χ4v) is 2.92. The molecule has 146 valence electrons. The number of hydrogen-bond acceptors (Lipinski definition) is 5. The van der Waals surface area contributed by atoms with Crippen LogP contribution < -0.4 is 0 Å². The van der Waals surface area contributed by atoms with Crippen molar-refractivity contribution in [3.05, 3.63) is 58.7 Å². The van der Waals surface area contributed by atoms with Crippen molar-refractivity contribution in [3.8, 4) is 11.5 Å². The molecule has 0 aliphatic carbocycles. The Morgan fingerprint density at radius 1 is 1.07 bits per heavy atom. The summed E-state index contributed by atoms with van der Waals surface area (Å²) in [6, 6.07) is 11.4. The van der Waals surface area contributed by atoms with Gasteiger partial charge in [-0.15, -0.1) is 0 Å². The smallest absolute Gasteiger partial charge is 0.319 e. The number of ether oxygens (including phenoxy) is 1. The summed E-state index contributed by atoms with van der Waals surface area (Å²) in [5, 5.41) is 20.5. The highest BCUT2D eigenvalue weighted by molar-refractivity contribution is 5.71. The van der Waals surface area contributed by atoms with Gasteiger partial charge in [0.15, 0.2) is 11.5 Å². The number of aromatic hydroxyl groups is 2. The lowest BCUT2D eigenvalue weighted by molar-refractivity contribution is -0.142. The summed E-state index contributed by atoms with van der Waals surface area (Å²) in [4.78, 5) is 13.8. The maximum Gasteiger partial charge on any atom is 0.319 e. The number of aryl methyl sites for hydroxylation is 1. The molecule has 0 radical (unpaired) electrons. The second kappa shape index (κ2) is 8.44. The molecule has 0 heterocycles. The number of carbonyl (C=O) groups excluding carboxylic acids is 1. The first kappa shape index (κ1) is 20.8. The van der Waals surface area contributed by atoms with E-state index < -0.39 is 0 Å². The van der Waals surface area contributed by atoms with Gasteiger partial charge in [0, 0.05) is 18.7 Å². The molecule has 0 saturated heterocycles. The Balaban J connectivity index is 2.36. The molecular formula is C22H29NO4. The Kier molecular flexibility index (Phi) is 6.50. The predicted molar refractivity (Wildman–Crippen MR) is 106 cm³/mol. The fraction of sp³-hybridized carbons (Fsp3) is 0.409. The van der Waals surface area contributed by atoms with Gasteiger partial charge in [0.05, 0.1) is 13.7 Å². The van der Waals surface area contributed by atoms with Crippen molar-refractivity contribution in [2.24, 2.45) is 0 Å². The average Bonchev–Trinajstić information content (AvgIpc) is 2.59. The summed E-state index contributed by atoms with van der Waals surface area (Å²) in [5.74, 6) is -0.645. The van der Waals surface area contributed by atoms with E-state index in [1.807, 2.05) is 62.9 Å². The van der Waals surface area contributed by atoms with E-state index in [-0.39, 0.29) is 29.4 Å². The number of phenols is 2. The van der Waals surface area contributed by atoms with Gasteiger partial charge in [-0.2, -0.15) is 0 Å². The molecular weight excluding hydrogens is 342 g/mol. The van der Waals surface area contributed by atoms with Crippen molar-refractivity contribution < 1.29 is 19.7 Å². The molecule has 2 aromatic carbocycles. The summed E-state index contributed by atoms with van der Waals surface area (Å²) in [6.45, 7) is 9.08. The molecule has 2 N–H and O–H groups in total. The Morgan fingerprint density at radius 2 is 1.70 bits per heavy atom. The van der Waals surface area contributed by atoms with Crippen LogP contribution in [0.2, 0.25) is 0 Å². The molecule has 2 rings (SSSR count). The van der Waals surface area contributed by atoms with Crippen LogP contribution >= 0.6 is 0 Å². The van der Waals surface area contributed by atoms with E-state index in [1.165, 1.54) is 7.11 Å². The summed E-state index contributed by atoms with van der Waals surface area (Å²) in [5.41, 5.74) is 3.54. The monoisotopic (exact) mass is 371 g/mol. The number of methoxy groups -OCH3 is 1. The maximum absolute atomic E-state index is 11.9. The van der Waals surface area contributed by atoms with Crippen LogP contribution in [-0.4, -0.2) is 34.7 Å². The summed E-state index contributed by atoms with van der Waals surface area (Å²) in [7, 11) is 1.36. The van der Waals surface area contributed by atoms with Gasteiger partial charge in [-0.25, -0.2) is 0 Å². The third-order valence-electron chi connectivity index (χ3n) is 4.66. The number of rotatable bonds is 6. The van der Waals surface area contributed by atoms with E-state index >= 15 is 0 Å². The first-order chi connectivity index (χ1) is 12.6. The highest BCUT2D eigenvalue weighted by atomic mass is 16.5. The molecule has 27 heavy (non-hydrogen) atoms. The van der Waals surface area contributed by atoms with Crippen LogP contribution in [0.15, 0.2) is 36.4 Å². The molecule has 0 atom stereocenters. The van der Waals surface area contributed by atoms with Crippen LogP contribution in [0.25, 0.3) is 0 Å². The predicted octanol–water partition coefficient (Wildman–Crippen LogP) is 3.88. The number of carbonyl (C=O) groups is 1. The molecule has 0 bridgehead atoms. The topological polar surface area (TPSA) is 70.0 Å². The highest BCUT2D eigenvalue weighted by Gasteiger charge is 2.21. The summed E-state index contributed by atoms with van der Waals surface area (Å²) >= 11 is 0. The van der Waals surface area contributed by atoms with Gasteiger partial charge in [0.2, 0.25) is 0 Å². The van der Waals surface area contributed by atoms with Crippen molar-refractivity contribution in [3.63, 3.8) is 0 Å². The minimum absolute atomic E-state index is 0.0881. The van der Waals surface area contributed by atoms with Gasteiger partial charge in [0.25, 0.3) is 0 Å². The average molecular weight is 371 g/mol. The molecule has 0 aliphatic rings. The Bertz CT molecular complexity index is 808. The van der Waals surface area contributed by atoms with Gasteiger partial charge in [-0.3, -0.25) is 9.69 Å². The SMILES string of the molecule is COC(=O)CN(Cc1ccccc1C)Cc1cc(C(C)(C)C)cc(O)c1O. The van der Waals surface area contributed by atoms with Crippen LogP contribution in [-0.2, 0) is 28.0 Å². The van der Waals surface area contributed by atoms with Crippen LogP contribution in [0, 0.1) is 6.92 Å². The maximum atomic E-state index is 11.9. The molecule has 0 saturated carbocycles. The normalized spacial score (nSPS) is 11.6. The van der Waals surface area contributed by atoms with Crippen LogP contribution in [0.4, 0.5) is 0 Å². The van der Waals surface area contributed by atoms with Gasteiger partial charge in [-0.05, 0) is 35.1 Å². The van der Waals surface area contributed by atoms with Crippen molar-refractivity contribution in [1.82, 2.24) is 4.90 Å². The molecule has 5 heteroatoms. The molecule has 0 spiro atoms. The second-order valence-electron chi connectivity index (χ2n) is 7.90. The van der Waals surface area contributed by atoms with Crippen LogP contribution in [0.3, 0.4) is 0 Å². The Hall–Kier alpha value is -2.53. The molecule has 0 fully saturated rings. The van der Waals surface area contributed by atoms with E-state index in [0.717, 1.165) is 16.7 Å². The lowest BCUT2D eigenvalue weighted by Crippen LogP contribution is -2.30. The van der Waals surface area contributed by atoms with Gasteiger partial charge >= 0.3 is 5.97 Å². The van der Waals surface area contributed by atoms with E-state index in [1.54, 1.807) is 6.07 Å². The molecule has 0 unspecified atom stereocenters. The standard InChI is InChI=1S/C22H29NO4/c1-15-8-6-7-9-16(15)12-23(14-20(25)27-5)13-17-10-18(22(2,3)4)11-19(24)21(17)26/h6-11,24,26H,12-14H2,1-5H3. The van der Waals surface area contributed by atoms with E-state index in [0.29, 0.717) is 18.7 Å². The molecule has 0 aromatic heterocycles. The minimum atomic E-state index is -0.348. The largest absolute Gasteiger partial charge is 0.504 e. The first-order valence-electron chi connectivity index (χ1n) is 9.01. The van der Waals surface area contributed by atoms with Gasteiger partial charge < -0.3 is 14.9 Å². The first-order valence-corrected chi connectivity index (χ1v) is 9.01. The number of esters is 1. The highest BCUT2D eigenvalue weighted by Crippen LogP contribution is 2.36. The summed E-state index contributed by atoms with van der Waals surface area (Å²) in [6.07, 6.45) is 0. The lowest BCUT2D eigenvalue weighted by atomic mass is 9.85. The van der Waals surface area contributed by atoms with Gasteiger partial charge in [-0.1, -0.05) is 51.1 Å². The lowest BCUT2D eigenvalue weighted by Gasteiger charge is -2.25. The van der Waals surface area contributed by atoms with Crippen molar-refractivity contribution >= 4 is 5.97 Å². The Morgan fingerprint density at radius 3 is 2.30 bits per heavy atom. The zero-order valence-corrected chi connectivity index (χ0v) is 16.7. The Labute approximate surface area is 161 Å². The van der Waals surface area contributed by atoms with Gasteiger partial charge in [0.1, 0.15) is 0 Å². The van der Waals surface area contributed by atoms with Crippen LogP contribution in [0.1, 0.15) is 43.0 Å². The van der Waals surface area contributed by atoms with E-state index in [2.05, 4.69) is 0 Å². The molecule has 2 aromatic rings. The number of phenolic OH excluding ortho intramolecular Hbond substituents is 2. The molecule has 5 nitrogen and oxygen atoms in total. The minimum Gasteiger partial charge on any atom is -0.504 e. The fourth-order valence-electron chi connectivity index (χ4n) is 2.92. The second-order valence-corrected chi connectivity index (χ2v) is 7.90. The number of hydrogen-bond donors (Lipinski definition) is 2. The van der Waals surface area contributed by atoms with Crippen LogP contribution in [0.5, 0.6) is 11.5 Å². The zero-order chi connectivity index (χ0) is 20.2.